The lowest BCUT2D eigenvalue weighted by molar-refractivity contribution is -0.168. The van der Waals surface area contributed by atoms with E-state index >= 15 is 0 Å². The zero-order valence-electron chi connectivity index (χ0n) is 9.19. The summed E-state index contributed by atoms with van der Waals surface area (Å²) in [5, 5.41) is 8.87. The molecule has 0 aromatic carbocycles. The number of carbonyl (C=O) groups excluding carboxylic acids is 1. The maximum atomic E-state index is 11.9. The molecule has 0 aromatic heterocycles. The molecule has 3 aliphatic heterocycles. The molecule has 2 atom stereocenters. The van der Waals surface area contributed by atoms with Gasteiger partial charge in [0.15, 0.2) is 0 Å². The van der Waals surface area contributed by atoms with Crippen molar-refractivity contribution in [3.8, 4) is 6.07 Å². The van der Waals surface area contributed by atoms with Gasteiger partial charge in [0, 0.05) is 6.42 Å². The quantitative estimate of drug-likeness (QED) is 0.678. The number of morpholine rings is 1. The maximum absolute atomic E-state index is 11.9. The van der Waals surface area contributed by atoms with Crippen LogP contribution in [0, 0.1) is 16.7 Å². The van der Waals surface area contributed by atoms with Gasteiger partial charge in [0.1, 0.15) is 0 Å². The Morgan fingerprint density at radius 2 is 2.13 bits per heavy atom. The van der Waals surface area contributed by atoms with E-state index in [0.717, 1.165) is 6.42 Å². The van der Waals surface area contributed by atoms with Crippen LogP contribution in [0.25, 0.3) is 0 Å². The first kappa shape index (κ1) is 10.4. The van der Waals surface area contributed by atoms with Crippen molar-refractivity contribution >= 4 is 5.91 Å². The number of ether oxygens (including phenoxy) is 1. The highest BCUT2D eigenvalue weighted by Crippen LogP contribution is 2.33. The van der Waals surface area contributed by atoms with Gasteiger partial charge in [-0.25, -0.2) is 0 Å². The highest BCUT2D eigenvalue weighted by atomic mass is 16.5. The minimum Gasteiger partial charge on any atom is -0.377 e. The van der Waals surface area contributed by atoms with Gasteiger partial charge in [-0.3, -0.25) is 4.79 Å². The van der Waals surface area contributed by atoms with E-state index in [1.54, 1.807) is 13.8 Å². The van der Waals surface area contributed by atoms with Gasteiger partial charge in [0.25, 0.3) is 0 Å². The lowest BCUT2D eigenvalue weighted by Gasteiger charge is -2.52. The fraction of sp³-hybridized carbons (Fsp3) is 0.818. The summed E-state index contributed by atoms with van der Waals surface area (Å²) in [6.45, 7) is 4.93. The fourth-order valence-electron chi connectivity index (χ4n) is 2.25. The molecule has 82 valence electrons. The van der Waals surface area contributed by atoms with Crippen LogP contribution in [0.15, 0.2) is 0 Å². The molecule has 4 nitrogen and oxygen atoms in total. The van der Waals surface area contributed by atoms with Crippen LogP contribution in [0.1, 0.15) is 26.7 Å². The number of fused-ring (bicyclic) bond motifs is 2. The molecule has 0 N–H and O–H groups in total. The first-order chi connectivity index (χ1) is 7.03. The Labute approximate surface area is 89.8 Å². The van der Waals surface area contributed by atoms with Gasteiger partial charge in [-0.2, -0.15) is 5.26 Å². The van der Waals surface area contributed by atoms with E-state index in [-0.39, 0.29) is 18.0 Å². The summed E-state index contributed by atoms with van der Waals surface area (Å²) in [7, 11) is 0. The molecule has 3 rings (SSSR count). The summed E-state index contributed by atoms with van der Waals surface area (Å²) in [6.07, 6.45) is 1.38. The monoisotopic (exact) mass is 208 g/mol. The Hall–Kier alpha value is -1.08. The molecule has 3 fully saturated rings. The summed E-state index contributed by atoms with van der Waals surface area (Å²) in [6, 6.07) is 2.70. The van der Waals surface area contributed by atoms with Gasteiger partial charge in [-0.1, -0.05) is 0 Å². The second-order valence-electron chi connectivity index (χ2n) is 5.05. The van der Waals surface area contributed by atoms with E-state index in [1.165, 1.54) is 0 Å². The SMILES string of the molecule is CC(C)(C#N)CC(=O)N1C2COCC1C2. The summed E-state index contributed by atoms with van der Waals surface area (Å²) in [5.74, 6) is 0.103. The van der Waals surface area contributed by atoms with Crippen molar-refractivity contribution in [1.82, 2.24) is 4.90 Å². The van der Waals surface area contributed by atoms with Gasteiger partial charge in [-0.05, 0) is 20.3 Å². The molecular formula is C11H16N2O2. The third kappa shape index (κ3) is 1.84. The average Bonchev–Trinajstić information content (AvgIpc) is 2.17. The van der Waals surface area contributed by atoms with Crippen molar-refractivity contribution in [2.45, 2.75) is 38.8 Å². The molecule has 3 heterocycles. The van der Waals surface area contributed by atoms with Crippen LogP contribution >= 0.6 is 0 Å². The van der Waals surface area contributed by atoms with E-state index in [0.29, 0.717) is 19.6 Å². The average molecular weight is 208 g/mol. The maximum Gasteiger partial charge on any atom is 0.224 e. The number of rotatable bonds is 2. The first-order valence-electron chi connectivity index (χ1n) is 5.34. The number of nitriles is 1. The van der Waals surface area contributed by atoms with Crippen molar-refractivity contribution in [2.24, 2.45) is 5.41 Å². The number of hydrogen-bond donors (Lipinski definition) is 0. The second kappa shape index (κ2) is 3.49. The lowest BCUT2D eigenvalue weighted by atomic mass is 9.86. The standard InChI is InChI=1S/C11H16N2O2/c1-11(2,7-12)4-10(14)13-8-3-9(13)6-15-5-8/h8-9H,3-6H2,1-2H3. The molecule has 2 bridgehead atoms. The van der Waals surface area contributed by atoms with Crippen LogP contribution in [-0.2, 0) is 9.53 Å². The topological polar surface area (TPSA) is 53.3 Å². The van der Waals surface area contributed by atoms with Crippen LogP contribution in [0.3, 0.4) is 0 Å². The lowest BCUT2D eigenvalue weighted by Crippen LogP contribution is -2.65. The Balaban J connectivity index is 1.96. The van der Waals surface area contributed by atoms with Crippen molar-refractivity contribution in [3.05, 3.63) is 0 Å². The van der Waals surface area contributed by atoms with Crippen molar-refractivity contribution in [1.29, 1.82) is 5.26 Å². The smallest absolute Gasteiger partial charge is 0.224 e. The van der Waals surface area contributed by atoms with E-state index in [4.69, 9.17) is 10.00 Å². The van der Waals surface area contributed by atoms with E-state index in [9.17, 15) is 4.79 Å². The molecule has 0 spiro atoms. The Morgan fingerprint density at radius 3 is 2.60 bits per heavy atom. The van der Waals surface area contributed by atoms with E-state index in [1.807, 2.05) is 4.90 Å². The third-order valence-electron chi connectivity index (χ3n) is 3.14. The molecule has 0 radical (unpaired) electrons. The number of amides is 1. The predicted molar refractivity (Wildman–Crippen MR) is 53.9 cm³/mol. The Morgan fingerprint density at radius 1 is 1.53 bits per heavy atom. The van der Waals surface area contributed by atoms with Crippen LogP contribution < -0.4 is 0 Å². The minimum atomic E-state index is -0.554. The van der Waals surface area contributed by atoms with Crippen molar-refractivity contribution < 1.29 is 9.53 Å². The zero-order valence-corrected chi connectivity index (χ0v) is 9.19. The molecule has 1 amide bonds. The molecule has 15 heavy (non-hydrogen) atoms. The summed E-state index contributed by atoms with van der Waals surface area (Å²) in [5.41, 5.74) is -0.554. The molecule has 3 aliphatic rings. The number of hydrogen-bond acceptors (Lipinski definition) is 3. The molecule has 4 heteroatoms. The largest absolute Gasteiger partial charge is 0.377 e. The minimum absolute atomic E-state index is 0.103. The summed E-state index contributed by atoms with van der Waals surface area (Å²) in [4.78, 5) is 13.8. The number of carbonyl (C=O) groups is 1. The van der Waals surface area contributed by atoms with Crippen LogP contribution in [0.5, 0.6) is 0 Å². The first-order valence-corrected chi connectivity index (χ1v) is 5.34. The van der Waals surface area contributed by atoms with Crippen LogP contribution in [0.2, 0.25) is 0 Å². The summed E-state index contributed by atoms with van der Waals surface area (Å²) >= 11 is 0. The molecule has 0 aromatic rings. The third-order valence-corrected chi connectivity index (χ3v) is 3.14. The Kier molecular flexibility index (Phi) is 2.43. The number of nitrogens with zero attached hydrogens (tertiary/aromatic N) is 2. The molecular weight excluding hydrogens is 192 g/mol. The van der Waals surface area contributed by atoms with Gasteiger partial charge in [0.05, 0.1) is 36.8 Å². The van der Waals surface area contributed by atoms with E-state index in [2.05, 4.69) is 6.07 Å². The second-order valence-corrected chi connectivity index (χ2v) is 5.05. The Bertz CT molecular complexity index is 305. The van der Waals surface area contributed by atoms with Crippen LogP contribution in [0.4, 0.5) is 0 Å². The fourth-order valence-corrected chi connectivity index (χ4v) is 2.25. The molecule has 3 saturated heterocycles. The predicted octanol–water partition coefficient (Wildman–Crippen LogP) is 0.926. The van der Waals surface area contributed by atoms with Gasteiger partial charge in [-0.15, -0.1) is 0 Å². The highest BCUT2D eigenvalue weighted by molar-refractivity contribution is 5.79. The van der Waals surface area contributed by atoms with Crippen molar-refractivity contribution in [3.63, 3.8) is 0 Å². The molecule has 0 aliphatic carbocycles. The zero-order chi connectivity index (χ0) is 11.1. The van der Waals surface area contributed by atoms with E-state index < -0.39 is 5.41 Å². The highest BCUT2D eigenvalue weighted by Gasteiger charge is 2.45. The molecule has 2 unspecified atom stereocenters. The van der Waals surface area contributed by atoms with Gasteiger partial charge < -0.3 is 9.64 Å². The molecule has 0 saturated carbocycles. The van der Waals surface area contributed by atoms with Gasteiger partial charge >= 0.3 is 0 Å². The van der Waals surface area contributed by atoms with Crippen LogP contribution in [-0.4, -0.2) is 36.1 Å². The van der Waals surface area contributed by atoms with Crippen molar-refractivity contribution in [2.75, 3.05) is 13.2 Å². The normalized spacial score (nSPS) is 29.3. The summed E-state index contributed by atoms with van der Waals surface area (Å²) < 4.78 is 5.31. The van der Waals surface area contributed by atoms with Gasteiger partial charge in [0.2, 0.25) is 5.91 Å².